The fourth-order valence-corrected chi connectivity index (χ4v) is 1.45. The minimum Gasteiger partial charge on any atom is -0.288 e. The van der Waals surface area contributed by atoms with Crippen LogP contribution in [0.1, 0.15) is 0 Å². The Morgan fingerprint density at radius 2 is 1.71 bits per heavy atom. The molecule has 0 fully saturated rings. The topological polar surface area (TPSA) is 45.0 Å². The van der Waals surface area contributed by atoms with E-state index in [1.165, 1.54) is 0 Å². The number of benzene rings is 1. The maximum atomic E-state index is 11.7. The lowest BCUT2D eigenvalue weighted by molar-refractivity contribution is -0.656. The van der Waals surface area contributed by atoms with Crippen LogP contribution in [-0.2, 0) is 7.05 Å². The summed E-state index contributed by atoms with van der Waals surface area (Å²) in [7, 11) is 1.87. The Morgan fingerprint density at radius 3 is 2.41 bits per heavy atom. The molecule has 0 aliphatic rings. The third kappa shape index (κ3) is 3.04. The van der Waals surface area contributed by atoms with E-state index in [0.29, 0.717) is 0 Å². The molecule has 0 bridgehead atoms. The standard InChI is InChI=1S/C13H13N3O/c1-16-10-6-5-9-12(16)15-13(17)14-11-7-3-2-4-8-11/h2-10H,1H3,(H,14,17)/p+1. The SMILES string of the molecule is C[n+]1ccccc1NC(=O)Nc1ccccc1. The van der Waals surface area contributed by atoms with Gasteiger partial charge in [-0.15, -0.1) is 0 Å². The predicted octanol–water partition coefficient (Wildman–Crippen LogP) is 2.16. The van der Waals surface area contributed by atoms with Crippen molar-refractivity contribution >= 4 is 17.5 Å². The number of nitrogens with zero attached hydrogens (tertiary/aromatic N) is 1. The minimum absolute atomic E-state index is 0.252. The summed E-state index contributed by atoms with van der Waals surface area (Å²) in [5, 5.41) is 5.53. The maximum Gasteiger partial charge on any atom is 0.411 e. The minimum atomic E-state index is -0.252. The van der Waals surface area contributed by atoms with E-state index < -0.39 is 0 Å². The first kappa shape index (κ1) is 11.1. The van der Waals surface area contributed by atoms with Gasteiger partial charge < -0.3 is 0 Å². The summed E-state index contributed by atoms with van der Waals surface area (Å²) < 4.78 is 1.84. The van der Waals surface area contributed by atoms with Gasteiger partial charge in [0, 0.05) is 11.8 Å². The van der Waals surface area contributed by atoms with E-state index >= 15 is 0 Å². The predicted molar refractivity (Wildman–Crippen MR) is 66.7 cm³/mol. The second-order valence-electron chi connectivity index (χ2n) is 3.64. The highest BCUT2D eigenvalue weighted by Crippen LogP contribution is 2.05. The fourth-order valence-electron chi connectivity index (χ4n) is 1.45. The summed E-state index contributed by atoms with van der Waals surface area (Å²) in [6.07, 6.45) is 1.87. The van der Waals surface area contributed by atoms with E-state index in [9.17, 15) is 4.79 Å². The number of carbonyl (C=O) groups is 1. The number of aryl methyl sites for hydroxylation is 1. The van der Waals surface area contributed by atoms with Crippen molar-refractivity contribution in [2.24, 2.45) is 7.05 Å². The number of hydrogen-bond donors (Lipinski definition) is 2. The molecule has 0 radical (unpaired) electrons. The summed E-state index contributed by atoms with van der Waals surface area (Å²) in [5.74, 6) is 0.737. The van der Waals surface area contributed by atoms with Gasteiger partial charge in [0.05, 0.1) is 13.2 Å². The molecule has 1 aromatic carbocycles. The number of anilines is 2. The van der Waals surface area contributed by atoms with E-state index in [0.717, 1.165) is 11.5 Å². The zero-order valence-corrected chi connectivity index (χ0v) is 9.55. The van der Waals surface area contributed by atoms with Crippen LogP contribution in [0.3, 0.4) is 0 Å². The first-order chi connectivity index (χ1) is 8.25. The van der Waals surface area contributed by atoms with Gasteiger partial charge in [-0.25, -0.2) is 9.36 Å². The van der Waals surface area contributed by atoms with E-state index in [1.54, 1.807) is 0 Å². The van der Waals surface area contributed by atoms with Gasteiger partial charge in [-0.3, -0.25) is 5.32 Å². The highest BCUT2D eigenvalue weighted by Gasteiger charge is 2.10. The second kappa shape index (κ2) is 5.12. The fraction of sp³-hybridized carbons (Fsp3) is 0.0769. The van der Waals surface area contributed by atoms with Crippen LogP contribution in [0, 0.1) is 0 Å². The molecule has 1 heterocycles. The van der Waals surface area contributed by atoms with Crippen molar-refractivity contribution in [3.63, 3.8) is 0 Å². The van der Waals surface area contributed by atoms with E-state index in [-0.39, 0.29) is 6.03 Å². The van der Waals surface area contributed by atoms with Gasteiger partial charge in [-0.1, -0.05) is 24.3 Å². The summed E-state index contributed by atoms with van der Waals surface area (Å²) in [6.45, 7) is 0. The van der Waals surface area contributed by atoms with E-state index in [1.807, 2.05) is 66.3 Å². The van der Waals surface area contributed by atoms with Crippen molar-refractivity contribution in [1.82, 2.24) is 0 Å². The Labute approximate surface area is 99.9 Å². The number of amides is 2. The van der Waals surface area contributed by atoms with Crippen molar-refractivity contribution in [3.8, 4) is 0 Å². The van der Waals surface area contributed by atoms with Crippen LogP contribution in [0.15, 0.2) is 54.7 Å². The van der Waals surface area contributed by atoms with Gasteiger partial charge in [0.15, 0.2) is 0 Å². The molecule has 1 aromatic heterocycles. The van der Waals surface area contributed by atoms with Crippen molar-refractivity contribution in [1.29, 1.82) is 0 Å². The number of nitrogens with one attached hydrogen (secondary N) is 2. The number of carbonyl (C=O) groups excluding carboxylic acids is 1. The van der Waals surface area contributed by atoms with Gasteiger partial charge in [-0.2, -0.15) is 5.32 Å². The second-order valence-corrected chi connectivity index (χ2v) is 3.64. The summed E-state index contributed by atoms with van der Waals surface area (Å²) in [4.78, 5) is 11.7. The lowest BCUT2D eigenvalue weighted by Gasteiger charge is -2.03. The van der Waals surface area contributed by atoms with Crippen LogP contribution in [0.2, 0.25) is 0 Å². The van der Waals surface area contributed by atoms with E-state index in [4.69, 9.17) is 0 Å². The average molecular weight is 228 g/mol. The van der Waals surface area contributed by atoms with E-state index in [2.05, 4.69) is 10.6 Å². The summed E-state index contributed by atoms with van der Waals surface area (Å²) in [6, 6.07) is 14.7. The van der Waals surface area contributed by atoms with Gasteiger partial charge in [0.1, 0.15) is 0 Å². The molecule has 0 unspecified atom stereocenters. The molecule has 0 saturated carbocycles. The zero-order valence-electron chi connectivity index (χ0n) is 9.55. The molecule has 2 rings (SSSR count). The number of pyridine rings is 1. The molecule has 86 valence electrons. The molecule has 0 aliphatic heterocycles. The molecule has 2 amide bonds. The number of hydrogen-bond acceptors (Lipinski definition) is 1. The van der Waals surface area contributed by atoms with Gasteiger partial charge in [-0.05, 0) is 18.2 Å². The van der Waals surface area contributed by atoms with Crippen molar-refractivity contribution in [2.45, 2.75) is 0 Å². The molecule has 4 heteroatoms. The Balaban J connectivity index is 2.01. The molecular formula is C13H14N3O+. The molecule has 0 spiro atoms. The third-order valence-electron chi connectivity index (χ3n) is 2.33. The van der Waals surface area contributed by atoms with Crippen LogP contribution in [0.5, 0.6) is 0 Å². The van der Waals surface area contributed by atoms with Crippen molar-refractivity contribution in [2.75, 3.05) is 10.6 Å². The smallest absolute Gasteiger partial charge is 0.288 e. The molecule has 0 saturated heterocycles. The number of urea groups is 1. The highest BCUT2D eigenvalue weighted by molar-refractivity contribution is 5.98. The lowest BCUT2D eigenvalue weighted by atomic mass is 10.3. The van der Waals surface area contributed by atoms with Crippen LogP contribution in [0.4, 0.5) is 16.3 Å². The summed E-state index contributed by atoms with van der Waals surface area (Å²) >= 11 is 0. The van der Waals surface area contributed by atoms with Crippen LogP contribution in [0.25, 0.3) is 0 Å². The molecule has 4 nitrogen and oxygen atoms in total. The van der Waals surface area contributed by atoms with Crippen molar-refractivity contribution in [3.05, 3.63) is 54.7 Å². The largest absolute Gasteiger partial charge is 0.411 e. The lowest BCUT2D eigenvalue weighted by Crippen LogP contribution is -2.34. The molecule has 17 heavy (non-hydrogen) atoms. The summed E-state index contributed by atoms with van der Waals surface area (Å²) in [5.41, 5.74) is 0.767. The Kier molecular flexibility index (Phi) is 3.35. The molecule has 0 atom stereocenters. The van der Waals surface area contributed by atoms with Crippen molar-refractivity contribution < 1.29 is 9.36 Å². The number of aromatic nitrogens is 1. The number of rotatable bonds is 2. The maximum absolute atomic E-state index is 11.7. The molecular weight excluding hydrogens is 214 g/mol. The van der Waals surface area contributed by atoms with Crippen LogP contribution >= 0.6 is 0 Å². The average Bonchev–Trinajstić information content (AvgIpc) is 2.33. The first-order valence-corrected chi connectivity index (χ1v) is 5.33. The normalized spacial score (nSPS) is 9.71. The Morgan fingerprint density at radius 1 is 1.00 bits per heavy atom. The Bertz CT molecular complexity index is 511. The number of para-hydroxylation sites is 1. The van der Waals surface area contributed by atoms with Crippen LogP contribution in [-0.4, -0.2) is 6.03 Å². The highest BCUT2D eigenvalue weighted by atomic mass is 16.2. The molecule has 0 aliphatic carbocycles. The molecule has 2 aromatic rings. The quantitative estimate of drug-likeness (QED) is 0.760. The Hall–Kier alpha value is -2.36. The van der Waals surface area contributed by atoms with Crippen LogP contribution < -0.4 is 15.2 Å². The van der Waals surface area contributed by atoms with Gasteiger partial charge in [0.25, 0.3) is 5.82 Å². The van der Waals surface area contributed by atoms with Gasteiger partial charge >= 0.3 is 6.03 Å². The monoisotopic (exact) mass is 228 g/mol. The first-order valence-electron chi connectivity index (χ1n) is 5.33. The van der Waals surface area contributed by atoms with Gasteiger partial charge in [0.2, 0.25) is 0 Å². The molecule has 2 N–H and O–H groups in total. The third-order valence-corrected chi connectivity index (χ3v) is 2.33. The zero-order chi connectivity index (χ0) is 12.1.